The third kappa shape index (κ3) is 3.24. The van der Waals surface area contributed by atoms with E-state index >= 15 is 0 Å². The molecule has 3 saturated heterocycles. The monoisotopic (exact) mass is 403 g/mol. The van der Waals surface area contributed by atoms with Crippen molar-refractivity contribution in [2.45, 2.75) is 19.3 Å². The van der Waals surface area contributed by atoms with E-state index in [0.717, 1.165) is 45.4 Å². The fraction of sp³-hybridized carbons (Fsp3) is 0.636. The lowest BCUT2D eigenvalue weighted by Gasteiger charge is -2.47. The van der Waals surface area contributed by atoms with Crippen LogP contribution in [0.4, 0.5) is 4.39 Å². The van der Waals surface area contributed by atoms with Crippen molar-refractivity contribution in [3.63, 3.8) is 0 Å². The number of fused-ring (bicyclic) bond motifs is 1. The molecule has 3 aliphatic heterocycles. The zero-order valence-corrected chi connectivity index (χ0v) is 17.3. The number of hydrogen-bond acceptors (Lipinski definition) is 4. The van der Waals surface area contributed by atoms with Gasteiger partial charge in [-0.05, 0) is 31.4 Å². The average molecular weight is 403 g/mol. The average Bonchev–Trinajstić information content (AvgIpc) is 3.19. The summed E-state index contributed by atoms with van der Waals surface area (Å²) in [6, 6.07) is 6.15. The SMILES string of the molecule is COCCN1CC2(CCN(C(=O)c3ccccc3F)CC2)[C@@]2(CCN(C)C2=O)C1. The number of halogens is 1. The van der Waals surface area contributed by atoms with Crippen LogP contribution in [0.15, 0.2) is 24.3 Å². The molecule has 6 nitrogen and oxygen atoms in total. The van der Waals surface area contributed by atoms with Gasteiger partial charge in [-0.2, -0.15) is 0 Å². The Kier molecular flexibility index (Phi) is 5.38. The summed E-state index contributed by atoms with van der Waals surface area (Å²) in [6.45, 7) is 4.99. The molecule has 0 unspecified atom stereocenters. The van der Waals surface area contributed by atoms with Crippen molar-refractivity contribution in [2.24, 2.45) is 10.8 Å². The molecule has 0 aromatic heterocycles. The number of nitrogens with zero attached hydrogens (tertiary/aromatic N) is 3. The van der Waals surface area contributed by atoms with Gasteiger partial charge in [0, 0.05) is 58.8 Å². The van der Waals surface area contributed by atoms with Crippen molar-refractivity contribution in [1.82, 2.24) is 14.7 Å². The molecule has 3 fully saturated rings. The minimum absolute atomic E-state index is 0.128. The zero-order chi connectivity index (χ0) is 20.6. The Hall–Kier alpha value is -1.99. The first-order chi connectivity index (χ1) is 13.9. The summed E-state index contributed by atoms with van der Waals surface area (Å²) in [6.07, 6.45) is 2.42. The molecule has 7 heteroatoms. The molecule has 1 aromatic carbocycles. The predicted octanol–water partition coefficient (Wildman–Crippen LogP) is 1.86. The zero-order valence-electron chi connectivity index (χ0n) is 17.3. The number of hydrogen-bond donors (Lipinski definition) is 0. The summed E-state index contributed by atoms with van der Waals surface area (Å²) in [4.78, 5) is 32.0. The maximum absolute atomic E-state index is 14.1. The van der Waals surface area contributed by atoms with E-state index in [1.165, 1.54) is 6.07 Å². The molecule has 2 spiro atoms. The third-order valence-corrected chi connectivity index (χ3v) is 7.39. The summed E-state index contributed by atoms with van der Waals surface area (Å²) in [5.41, 5.74) is -0.375. The smallest absolute Gasteiger partial charge is 0.256 e. The predicted molar refractivity (Wildman–Crippen MR) is 107 cm³/mol. The van der Waals surface area contributed by atoms with Gasteiger partial charge < -0.3 is 14.5 Å². The summed E-state index contributed by atoms with van der Waals surface area (Å²) >= 11 is 0. The van der Waals surface area contributed by atoms with Gasteiger partial charge in [0.05, 0.1) is 17.6 Å². The second-order valence-electron chi connectivity index (χ2n) is 8.81. The van der Waals surface area contributed by atoms with E-state index in [9.17, 15) is 14.0 Å². The van der Waals surface area contributed by atoms with Crippen molar-refractivity contribution in [2.75, 3.05) is 60.0 Å². The second kappa shape index (κ2) is 7.69. The molecule has 3 heterocycles. The standard InChI is InChI=1S/C22H30FN3O3/c1-24-10-9-22(20(24)28)16-25(13-14-29-2)15-21(22)7-11-26(12-8-21)19(27)17-5-3-4-6-18(17)23/h3-6H,7-16H2,1-2H3/t22-/m0/s1. The van der Waals surface area contributed by atoms with E-state index in [4.69, 9.17) is 4.74 Å². The molecule has 1 atom stereocenters. The van der Waals surface area contributed by atoms with E-state index < -0.39 is 5.82 Å². The Labute approximate surface area is 171 Å². The van der Waals surface area contributed by atoms with Gasteiger partial charge in [-0.1, -0.05) is 12.1 Å². The van der Waals surface area contributed by atoms with Crippen LogP contribution in [0.2, 0.25) is 0 Å². The van der Waals surface area contributed by atoms with Crippen molar-refractivity contribution < 1.29 is 18.7 Å². The minimum atomic E-state index is -0.478. The summed E-state index contributed by atoms with van der Waals surface area (Å²) in [7, 11) is 3.59. The fourth-order valence-corrected chi connectivity index (χ4v) is 5.71. The molecule has 0 bridgehead atoms. The topological polar surface area (TPSA) is 53.1 Å². The molecule has 0 saturated carbocycles. The molecule has 4 rings (SSSR count). The lowest BCUT2D eigenvalue weighted by molar-refractivity contribution is -0.141. The highest BCUT2D eigenvalue weighted by Crippen LogP contribution is 2.57. The molecule has 0 aliphatic carbocycles. The number of carbonyl (C=O) groups excluding carboxylic acids is 2. The molecule has 2 amide bonds. The number of amides is 2. The van der Waals surface area contributed by atoms with E-state index in [0.29, 0.717) is 19.7 Å². The highest BCUT2D eigenvalue weighted by atomic mass is 19.1. The highest BCUT2D eigenvalue weighted by Gasteiger charge is 2.64. The maximum Gasteiger partial charge on any atom is 0.256 e. The Bertz CT molecular complexity index is 793. The number of ether oxygens (including phenoxy) is 1. The first-order valence-corrected chi connectivity index (χ1v) is 10.4. The maximum atomic E-state index is 14.1. The van der Waals surface area contributed by atoms with Crippen molar-refractivity contribution >= 4 is 11.8 Å². The van der Waals surface area contributed by atoms with Crippen molar-refractivity contribution in [1.29, 1.82) is 0 Å². The molecule has 29 heavy (non-hydrogen) atoms. The number of rotatable bonds is 4. The molecule has 0 radical (unpaired) electrons. The summed E-state index contributed by atoms with van der Waals surface area (Å²) in [5, 5.41) is 0. The van der Waals surface area contributed by atoms with Gasteiger partial charge in [0.1, 0.15) is 5.82 Å². The van der Waals surface area contributed by atoms with E-state index in [1.807, 2.05) is 11.9 Å². The quantitative estimate of drug-likeness (QED) is 0.770. The van der Waals surface area contributed by atoms with Crippen LogP contribution in [0.3, 0.4) is 0 Å². The number of piperidine rings is 1. The number of methoxy groups -OCH3 is 1. The molecule has 3 aliphatic rings. The van der Waals surface area contributed by atoms with Crippen LogP contribution in [-0.4, -0.2) is 86.5 Å². The van der Waals surface area contributed by atoms with E-state index in [-0.39, 0.29) is 28.2 Å². The van der Waals surface area contributed by atoms with Crippen LogP contribution >= 0.6 is 0 Å². The largest absolute Gasteiger partial charge is 0.383 e. The van der Waals surface area contributed by atoms with Crippen LogP contribution in [0.5, 0.6) is 0 Å². The fourth-order valence-electron chi connectivity index (χ4n) is 5.71. The third-order valence-electron chi connectivity index (χ3n) is 7.39. The van der Waals surface area contributed by atoms with Crippen molar-refractivity contribution in [3.05, 3.63) is 35.6 Å². The van der Waals surface area contributed by atoms with Gasteiger partial charge in [0.15, 0.2) is 0 Å². The van der Waals surface area contributed by atoms with Gasteiger partial charge in [-0.3, -0.25) is 14.5 Å². The number of likely N-dealkylation sites (tertiary alicyclic amines) is 3. The van der Waals surface area contributed by atoms with Gasteiger partial charge >= 0.3 is 0 Å². The van der Waals surface area contributed by atoms with Crippen LogP contribution in [0.1, 0.15) is 29.6 Å². The summed E-state index contributed by atoms with van der Waals surface area (Å²) in [5.74, 6) is -0.490. The Morgan fingerprint density at radius 2 is 1.86 bits per heavy atom. The van der Waals surface area contributed by atoms with Crippen LogP contribution in [-0.2, 0) is 9.53 Å². The lowest BCUT2D eigenvalue weighted by Crippen LogP contribution is -2.53. The molecule has 1 aromatic rings. The minimum Gasteiger partial charge on any atom is -0.383 e. The van der Waals surface area contributed by atoms with Crippen LogP contribution in [0.25, 0.3) is 0 Å². The number of carbonyl (C=O) groups is 2. The first kappa shape index (κ1) is 20.3. The Balaban J connectivity index is 1.54. The molecule has 0 N–H and O–H groups in total. The van der Waals surface area contributed by atoms with E-state index in [2.05, 4.69) is 4.90 Å². The Morgan fingerprint density at radius 1 is 1.14 bits per heavy atom. The van der Waals surface area contributed by atoms with E-state index in [1.54, 1.807) is 30.2 Å². The second-order valence-corrected chi connectivity index (χ2v) is 8.81. The normalized spacial score (nSPS) is 26.8. The molecule has 158 valence electrons. The summed E-state index contributed by atoms with van der Waals surface area (Å²) < 4.78 is 19.3. The molecular weight excluding hydrogens is 373 g/mol. The molecular formula is C22H30FN3O3. The van der Waals surface area contributed by atoms with Crippen LogP contribution in [0, 0.1) is 16.6 Å². The van der Waals surface area contributed by atoms with Gasteiger partial charge in [-0.25, -0.2) is 4.39 Å². The van der Waals surface area contributed by atoms with Gasteiger partial charge in [0.25, 0.3) is 5.91 Å². The van der Waals surface area contributed by atoms with Gasteiger partial charge in [0.2, 0.25) is 5.91 Å². The number of benzene rings is 1. The lowest BCUT2D eigenvalue weighted by atomic mass is 9.60. The Morgan fingerprint density at radius 3 is 2.48 bits per heavy atom. The first-order valence-electron chi connectivity index (χ1n) is 10.4. The van der Waals surface area contributed by atoms with Crippen molar-refractivity contribution in [3.8, 4) is 0 Å². The highest BCUT2D eigenvalue weighted by molar-refractivity contribution is 5.94. The van der Waals surface area contributed by atoms with Gasteiger partial charge in [-0.15, -0.1) is 0 Å². The van der Waals surface area contributed by atoms with Crippen LogP contribution < -0.4 is 0 Å².